The SMILES string of the molecule is COc1ccc(CN2CCOC[C@H](Oc3ccc(S(C)(=O)=O)cc3)C2)cc1. The molecule has 0 aromatic heterocycles. The molecule has 2 aromatic rings. The van der Waals surface area contributed by atoms with Gasteiger partial charge in [-0.1, -0.05) is 12.1 Å². The standard InChI is InChI=1S/C20H25NO5S/c1-24-17-5-3-16(4-6-17)13-21-11-12-25-15-19(14-21)26-18-7-9-20(10-8-18)27(2,22)23/h3-10,19H,11-15H2,1-2H3/t19-/m1/s1. The lowest BCUT2D eigenvalue weighted by Crippen LogP contribution is -2.35. The van der Waals surface area contributed by atoms with Crippen molar-refractivity contribution in [3.05, 3.63) is 54.1 Å². The first-order valence-corrected chi connectivity index (χ1v) is 10.7. The minimum atomic E-state index is -3.20. The van der Waals surface area contributed by atoms with Crippen molar-refractivity contribution in [2.24, 2.45) is 0 Å². The molecule has 6 nitrogen and oxygen atoms in total. The molecule has 0 N–H and O–H groups in total. The van der Waals surface area contributed by atoms with E-state index < -0.39 is 9.84 Å². The topological polar surface area (TPSA) is 65.1 Å². The Kier molecular flexibility index (Phi) is 6.36. The third-order valence-electron chi connectivity index (χ3n) is 4.44. The molecule has 1 atom stereocenters. The van der Waals surface area contributed by atoms with Crippen molar-refractivity contribution >= 4 is 9.84 Å². The molecule has 2 aromatic carbocycles. The Morgan fingerprint density at radius 1 is 1.07 bits per heavy atom. The predicted molar refractivity (Wildman–Crippen MR) is 103 cm³/mol. The van der Waals surface area contributed by atoms with E-state index in [1.54, 1.807) is 31.4 Å². The molecule has 1 saturated heterocycles. The zero-order valence-corrected chi connectivity index (χ0v) is 16.4. The summed E-state index contributed by atoms with van der Waals surface area (Å²) in [5.41, 5.74) is 1.20. The second-order valence-electron chi connectivity index (χ2n) is 6.64. The highest BCUT2D eigenvalue weighted by Crippen LogP contribution is 2.19. The van der Waals surface area contributed by atoms with E-state index in [0.29, 0.717) is 19.0 Å². The molecule has 7 heteroatoms. The van der Waals surface area contributed by atoms with Crippen LogP contribution in [0.25, 0.3) is 0 Å². The quantitative estimate of drug-likeness (QED) is 0.753. The van der Waals surface area contributed by atoms with Crippen LogP contribution in [0.1, 0.15) is 5.56 Å². The first kappa shape index (κ1) is 19.7. The van der Waals surface area contributed by atoms with Gasteiger partial charge in [0, 0.05) is 25.9 Å². The maximum atomic E-state index is 11.6. The van der Waals surface area contributed by atoms with E-state index in [9.17, 15) is 8.42 Å². The van der Waals surface area contributed by atoms with Crippen molar-refractivity contribution in [1.82, 2.24) is 4.90 Å². The molecule has 27 heavy (non-hydrogen) atoms. The van der Waals surface area contributed by atoms with Gasteiger partial charge in [-0.2, -0.15) is 0 Å². The maximum absolute atomic E-state index is 11.6. The zero-order valence-electron chi connectivity index (χ0n) is 15.6. The van der Waals surface area contributed by atoms with Gasteiger partial charge < -0.3 is 14.2 Å². The van der Waals surface area contributed by atoms with Crippen molar-refractivity contribution in [2.75, 3.05) is 39.7 Å². The smallest absolute Gasteiger partial charge is 0.175 e. The maximum Gasteiger partial charge on any atom is 0.175 e. The summed E-state index contributed by atoms with van der Waals surface area (Å²) < 4.78 is 40.0. The third kappa shape index (κ3) is 5.69. The highest BCUT2D eigenvalue weighted by atomic mass is 32.2. The molecule has 0 radical (unpaired) electrons. The van der Waals surface area contributed by atoms with E-state index in [1.165, 1.54) is 11.8 Å². The normalized spacial score (nSPS) is 18.7. The van der Waals surface area contributed by atoms with Crippen molar-refractivity contribution in [3.63, 3.8) is 0 Å². The number of hydrogen-bond donors (Lipinski definition) is 0. The van der Waals surface area contributed by atoms with E-state index in [0.717, 1.165) is 25.4 Å². The van der Waals surface area contributed by atoms with Crippen LogP contribution in [-0.4, -0.2) is 59.1 Å². The van der Waals surface area contributed by atoms with E-state index in [2.05, 4.69) is 17.0 Å². The molecule has 146 valence electrons. The van der Waals surface area contributed by atoms with Crippen molar-refractivity contribution < 1.29 is 22.6 Å². The van der Waals surface area contributed by atoms with Crippen molar-refractivity contribution in [1.29, 1.82) is 0 Å². The van der Waals surface area contributed by atoms with Gasteiger partial charge in [-0.3, -0.25) is 4.90 Å². The molecule has 1 aliphatic rings. The summed E-state index contributed by atoms with van der Waals surface area (Å²) in [4.78, 5) is 2.58. The van der Waals surface area contributed by atoms with Gasteiger partial charge in [0.25, 0.3) is 0 Å². The average molecular weight is 391 g/mol. The second kappa shape index (κ2) is 8.73. The number of benzene rings is 2. The fourth-order valence-corrected chi connectivity index (χ4v) is 3.63. The van der Waals surface area contributed by atoms with Crippen LogP contribution in [0.5, 0.6) is 11.5 Å². The van der Waals surface area contributed by atoms with Crippen LogP contribution in [-0.2, 0) is 21.1 Å². The molecule has 0 amide bonds. The van der Waals surface area contributed by atoms with Crippen LogP contribution in [0.15, 0.2) is 53.4 Å². The van der Waals surface area contributed by atoms with Gasteiger partial charge in [0.05, 0.1) is 25.2 Å². The van der Waals surface area contributed by atoms with Crippen LogP contribution in [0.4, 0.5) is 0 Å². The molecule has 1 heterocycles. The lowest BCUT2D eigenvalue weighted by molar-refractivity contribution is 0.0710. The van der Waals surface area contributed by atoms with Crippen LogP contribution in [0.2, 0.25) is 0 Å². The van der Waals surface area contributed by atoms with Gasteiger partial charge in [0.1, 0.15) is 17.6 Å². The molecule has 0 aliphatic carbocycles. The summed E-state index contributed by atoms with van der Waals surface area (Å²) >= 11 is 0. The number of nitrogens with zero attached hydrogens (tertiary/aromatic N) is 1. The highest BCUT2D eigenvalue weighted by molar-refractivity contribution is 7.90. The van der Waals surface area contributed by atoms with Crippen molar-refractivity contribution in [2.45, 2.75) is 17.5 Å². The first-order valence-electron chi connectivity index (χ1n) is 8.84. The summed E-state index contributed by atoms with van der Waals surface area (Å²) in [5.74, 6) is 1.49. The third-order valence-corrected chi connectivity index (χ3v) is 5.57. The Morgan fingerprint density at radius 3 is 2.37 bits per heavy atom. The predicted octanol–water partition coefficient (Wildman–Crippen LogP) is 2.38. The highest BCUT2D eigenvalue weighted by Gasteiger charge is 2.20. The van der Waals surface area contributed by atoms with Crippen LogP contribution >= 0.6 is 0 Å². The molecule has 1 aliphatic heterocycles. The number of methoxy groups -OCH3 is 1. The van der Waals surface area contributed by atoms with E-state index in [-0.39, 0.29) is 11.0 Å². The number of hydrogen-bond acceptors (Lipinski definition) is 6. The van der Waals surface area contributed by atoms with Crippen LogP contribution in [0, 0.1) is 0 Å². The lowest BCUT2D eigenvalue weighted by atomic mass is 10.2. The number of sulfone groups is 1. The Labute approximate surface area is 160 Å². The van der Waals surface area contributed by atoms with Crippen LogP contribution in [0.3, 0.4) is 0 Å². The fraction of sp³-hybridized carbons (Fsp3) is 0.400. The molecule has 1 fully saturated rings. The van der Waals surface area contributed by atoms with Gasteiger partial charge in [0.2, 0.25) is 0 Å². The van der Waals surface area contributed by atoms with Gasteiger partial charge in [-0.15, -0.1) is 0 Å². The molecular weight excluding hydrogens is 366 g/mol. The van der Waals surface area contributed by atoms with E-state index in [4.69, 9.17) is 14.2 Å². The Hall–Kier alpha value is -2.09. The number of rotatable bonds is 6. The Balaban J connectivity index is 1.62. The monoisotopic (exact) mass is 391 g/mol. The van der Waals surface area contributed by atoms with Gasteiger partial charge in [-0.05, 0) is 42.0 Å². The Bertz CT molecular complexity index is 834. The largest absolute Gasteiger partial charge is 0.497 e. The molecule has 0 bridgehead atoms. The molecule has 0 unspecified atom stereocenters. The molecule has 3 rings (SSSR count). The zero-order chi connectivity index (χ0) is 19.3. The van der Waals surface area contributed by atoms with E-state index >= 15 is 0 Å². The minimum Gasteiger partial charge on any atom is -0.497 e. The Morgan fingerprint density at radius 2 is 1.74 bits per heavy atom. The van der Waals surface area contributed by atoms with E-state index in [1.807, 2.05) is 12.1 Å². The van der Waals surface area contributed by atoms with Crippen molar-refractivity contribution in [3.8, 4) is 11.5 Å². The first-order chi connectivity index (χ1) is 12.9. The van der Waals surface area contributed by atoms with Gasteiger partial charge in [0.15, 0.2) is 9.84 Å². The minimum absolute atomic E-state index is 0.116. The lowest BCUT2D eigenvalue weighted by Gasteiger charge is -2.24. The summed E-state index contributed by atoms with van der Waals surface area (Å²) in [5, 5.41) is 0. The van der Waals surface area contributed by atoms with Crippen LogP contribution < -0.4 is 9.47 Å². The molecular formula is C20H25NO5S. The number of ether oxygens (including phenoxy) is 3. The molecule has 0 saturated carbocycles. The summed E-state index contributed by atoms with van der Waals surface area (Å²) in [6.45, 7) is 3.54. The van der Waals surface area contributed by atoms with Gasteiger partial charge in [-0.25, -0.2) is 8.42 Å². The summed E-state index contributed by atoms with van der Waals surface area (Å²) in [7, 11) is -1.55. The second-order valence-corrected chi connectivity index (χ2v) is 8.66. The summed E-state index contributed by atoms with van der Waals surface area (Å²) in [6.07, 6.45) is 1.08. The summed E-state index contributed by atoms with van der Waals surface area (Å²) in [6, 6.07) is 14.6. The van der Waals surface area contributed by atoms with Gasteiger partial charge >= 0.3 is 0 Å². The molecule has 0 spiro atoms. The average Bonchev–Trinajstić information content (AvgIpc) is 2.87. The fourth-order valence-electron chi connectivity index (χ4n) is 3.00.